The summed E-state index contributed by atoms with van der Waals surface area (Å²) in [5.41, 5.74) is 7.26. The molecule has 1 aliphatic rings. The molecular formula is C11H12ClNO2. The maximum atomic E-state index is 10.7. The van der Waals surface area contributed by atoms with Crippen LogP contribution in [0, 0.1) is 0 Å². The summed E-state index contributed by atoms with van der Waals surface area (Å²) in [5.74, 6) is 0.585. The Bertz CT molecular complexity index is 404. The Labute approximate surface area is 93.2 Å². The summed E-state index contributed by atoms with van der Waals surface area (Å²) in [6.07, 6.45) is 1.79. The highest BCUT2D eigenvalue weighted by Crippen LogP contribution is 2.33. The molecule has 0 saturated carbocycles. The van der Waals surface area contributed by atoms with E-state index in [0.29, 0.717) is 24.5 Å². The summed E-state index contributed by atoms with van der Waals surface area (Å²) < 4.78 is 5.43. The number of amides is 1. The molecule has 3 nitrogen and oxygen atoms in total. The predicted molar refractivity (Wildman–Crippen MR) is 58.2 cm³/mol. The molecule has 0 spiro atoms. The lowest BCUT2D eigenvalue weighted by molar-refractivity contribution is -0.117. The molecule has 15 heavy (non-hydrogen) atoms. The lowest BCUT2D eigenvalue weighted by atomic mass is 10.0. The highest BCUT2D eigenvalue weighted by atomic mass is 35.5. The van der Waals surface area contributed by atoms with E-state index in [1.807, 2.05) is 12.1 Å². The topological polar surface area (TPSA) is 52.3 Å². The zero-order valence-corrected chi connectivity index (χ0v) is 9.01. The molecule has 0 saturated heterocycles. The third kappa shape index (κ3) is 2.07. The molecule has 1 heterocycles. The van der Waals surface area contributed by atoms with E-state index in [2.05, 4.69) is 0 Å². The van der Waals surface area contributed by atoms with Gasteiger partial charge in [-0.2, -0.15) is 0 Å². The van der Waals surface area contributed by atoms with Gasteiger partial charge in [0.15, 0.2) is 0 Å². The molecule has 1 aromatic carbocycles. The van der Waals surface area contributed by atoms with Crippen LogP contribution in [0.2, 0.25) is 5.02 Å². The van der Waals surface area contributed by atoms with Crippen LogP contribution in [-0.4, -0.2) is 12.5 Å². The summed E-state index contributed by atoms with van der Waals surface area (Å²) in [6, 6.07) is 3.68. The van der Waals surface area contributed by atoms with E-state index >= 15 is 0 Å². The van der Waals surface area contributed by atoms with Gasteiger partial charge in [0.25, 0.3) is 0 Å². The Hall–Kier alpha value is -1.22. The van der Waals surface area contributed by atoms with Gasteiger partial charge in [-0.05, 0) is 24.1 Å². The van der Waals surface area contributed by atoms with Gasteiger partial charge in [-0.1, -0.05) is 11.6 Å². The van der Waals surface area contributed by atoms with Crippen molar-refractivity contribution in [3.8, 4) is 5.75 Å². The first-order valence-corrected chi connectivity index (χ1v) is 5.27. The fraction of sp³-hybridized carbons (Fsp3) is 0.364. The fourth-order valence-corrected chi connectivity index (χ4v) is 2.11. The fourth-order valence-electron chi connectivity index (χ4n) is 1.83. The molecule has 0 unspecified atom stereocenters. The second kappa shape index (κ2) is 4.11. The normalized spacial score (nSPS) is 13.4. The van der Waals surface area contributed by atoms with Crippen molar-refractivity contribution < 1.29 is 9.53 Å². The summed E-state index contributed by atoms with van der Waals surface area (Å²) in [5, 5.41) is 0.695. The summed E-state index contributed by atoms with van der Waals surface area (Å²) in [6.45, 7) is 0.694. The van der Waals surface area contributed by atoms with E-state index in [-0.39, 0.29) is 5.91 Å². The molecule has 1 aliphatic heterocycles. The maximum Gasteiger partial charge on any atom is 0.217 e. The number of halogens is 1. The number of hydrogen-bond acceptors (Lipinski definition) is 2. The largest absolute Gasteiger partial charge is 0.493 e. The van der Waals surface area contributed by atoms with Gasteiger partial charge in [0.1, 0.15) is 5.75 Å². The number of carbonyl (C=O) groups excluding carboxylic acids is 1. The average molecular weight is 226 g/mol. The van der Waals surface area contributed by atoms with Gasteiger partial charge in [-0.3, -0.25) is 4.79 Å². The maximum absolute atomic E-state index is 10.7. The van der Waals surface area contributed by atoms with Crippen molar-refractivity contribution in [2.75, 3.05) is 6.61 Å². The number of rotatable bonds is 3. The van der Waals surface area contributed by atoms with E-state index in [1.54, 1.807) is 0 Å². The quantitative estimate of drug-likeness (QED) is 0.851. The number of carbonyl (C=O) groups is 1. The van der Waals surface area contributed by atoms with Crippen LogP contribution < -0.4 is 10.5 Å². The summed E-state index contributed by atoms with van der Waals surface area (Å²) in [4.78, 5) is 10.7. The molecule has 0 aromatic heterocycles. The van der Waals surface area contributed by atoms with Crippen LogP contribution in [0.15, 0.2) is 12.1 Å². The van der Waals surface area contributed by atoms with Gasteiger partial charge >= 0.3 is 0 Å². The molecule has 1 amide bonds. The average Bonchev–Trinajstić information content (AvgIpc) is 2.63. The minimum atomic E-state index is -0.303. The van der Waals surface area contributed by atoms with Crippen LogP contribution in [0.25, 0.3) is 0 Å². The van der Waals surface area contributed by atoms with Crippen molar-refractivity contribution in [1.82, 2.24) is 0 Å². The van der Waals surface area contributed by atoms with E-state index in [0.717, 1.165) is 23.3 Å². The second-order valence-corrected chi connectivity index (χ2v) is 3.97. The van der Waals surface area contributed by atoms with E-state index in [4.69, 9.17) is 22.1 Å². The third-order valence-electron chi connectivity index (χ3n) is 2.56. The first-order chi connectivity index (χ1) is 7.18. The van der Waals surface area contributed by atoms with Crippen molar-refractivity contribution in [2.24, 2.45) is 5.73 Å². The smallest absolute Gasteiger partial charge is 0.217 e. The number of ether oxygens (including phenoxy) is 1. The second-order valence-electron chi connectivity index (χ2n) is 3.57. The van der Waals surface area contributed by atoms with Gasteiger partial charge in [-0.15, -0.1) is 0 Å². The number of nitrogens with two attached hydrogens (primary N) is 1. The van der Waals surface area contributed by atoms with Crippen LogP contribution in [-0.2, 0) is 17.6 Å². The molecule has 0 bridgehead atoms. The lowest BCUT2D eigenvalue weighted by Gasteiger charge is -2.08. The molecule has 2 rings (SSSR count). The molecule has 80 valence electrons. The van der Waals surface area contributed by atoms with Gasteiger partial charge in [0.2, 0.25) is 5.91 Å². The number of fused-ring (bicyclic) bond motifs is 1. The van der Waals surface area contributed by atoms with Crippen LogP contribution in [0.5, 0.6) is 5.75 Å². The van der Waals surface area contributed by atoms with Crippen LogP contribution in [0.1, 0.15) is 17.5 Å². The minimum absolute atomic E-state index is 0.303. The first-order valence-electron chi connectivity index (χ1n) is 4.90. The predicted octanol–water partition coefficient (Wildman–Crippen LogP) is 1.69. The summed E-state index contributed by atoms with van der Waals surface area (Å²) >= 11 is 6.08. The Morgan fingerprint density at radius 1 is 1.53 bits per heavy atom. The molecular weight excluding hydrogens is 214 g/mol. The molecule has 1 aromatic rings. The molecule has 0 fully saturated rings. The van der Waals surface area contributed by atoms with Crippen molar-refractivity contribution >= 4 is 17.5 Å². The van der Waals surface area contributed by atoms with Crippen LogP contribution in [0.4, 0.5) is 0 Å². The van der Waals surface area contributed by atoms with Crippen molar-refractivity contribution in [3.05, 3.63) is 28.3 Å². The third-order valence-corrected chi connectivity index (χ3v) is 2.92. The number of primary amides is 1. The van der Waals surface area contributed by atoms with Crippen molar-refractivity contribution in [3.63, 3.8) is 0 Å². The lowest BCUT2D eigenvalue weighted by Crippen LogP contribution is -2.11. The molecule has 0 radical (unpaired) electrons. The number of hydrogen-bond donors (Lipinski definition) is 1. The van der Waals surface area contributed by atoms with Gasteiger partial charge in [-0.25, -0.2) is 0 Å². The van der Waals surface area contributed by atoms with Gasteiger partial charge < -0.3 is 10.5 Å². The Morgan fingerprint density at radius 2 is 2.33 bits per heavy atom. The number of benzene rings is 1. The van der Waals surface area contributed by atoms with Gasteiger partial charge in [0.05, 0.1) is 6.61 Å². The zero-order valence-electron chi connectivity index (χ0n) is 8.25. The highest BCUT2D eigenvalue weighted by Gasteiger charge is 2.18. The Balaban J connectivity index is 2.28. The molecule has 2 N–H and O–H groups in total. The molecule has 4 heteroatoms. The highest BCUT2D eigenvalue weighted by molar-refractivity contribution is 6.31. The van der Waals surface area contributed by atoms with E-state index in [9.17, 15) is 4.79 Å². The standard InChI is InChI=1S/C11H12ClNO2/c12-9-2-3-10-8(5-6-15-10)7(9)1-4-11(13)14/h2-3H,1,4-6H2,(H2,13,14). The SMILES string of the molecule is NC(=O)CCc1c(Cl)ccc2c1CCO2. The van der Waals surface area contributed by atoms with Crippen LogP contribution in [0.3, 0.4) is 0 Å². The van der Waals surface area contributed by atoms with Crippen molar-refractivity contribution in [1.29, 1.82) is 0 Å². The van der Waals surface area contributed by atoms with Crippen LogP contribution >= 0.6 is 11.6 Å². The molecule has 0 aliphatic carbocycles. The summed E-state index contributed by atoms with van der Waals surface area (Å²) in [7, 11) is 0. The van der Waals surface area contributed by atoms with Gasteiger partial charge in [0, 0.05) is 23.4 Å². The Morgan fingerprint density at radius 3 is 3.07 bits per heavy atom. The van der Waals surface area contributed by atoms with E-state index in [1.165, 1.54) is 0 Å². The molecule has 0 atom stereocenters. The zero-order chi connectivity index (χ0) is 10.8. The first kappa shape index (κ1) is 10.3. The Kier molecular flexibility index (Phi) is 2.82. The monoisotopic (exact) mass is 225 g/mol. The van der Waals surface area contributed by atoms with E-state index < -0.39 is 0 Å². The minimum Gasteiger partial charge on any atom is -0.493 e. The van der Waals surface area contributed by atoms with Crippen molar-refractivity contribution in [2.45, 2.75) is 19.3 Å².